The Balaban J connectivity index is 1.31. The van der Waals surface area contributed by atoms with Gasteiger partial charge in [0, 0.05) is 12.4 Å². The number of halogens is 4. The third-order valence-corrected chi connectivity index (χ3v) is 6.17. The van der Waals surface area contributed by atoms with Crippen molar-refractivity contribution >= 4 is 10.9 Å². The summed E-state index contributed by atoms with van der Waals surface area (Å²) in [6.07, 6.45) is -3.17. The first-order valence-electron chi connectivity index (χ1n) is 12.1. The van der Waals surface area contributed by atoms with Gasteiger partial charge in [0.25, 0.3) is 17.3 Å². The molecule has 0 saturated carbocycles. The number of hydrogen-bond donors (Lipinski definition) is 0. The smallest absolute Gasteiger partial charge is 0.332 e. The van der Waals surface area contributed by atoms with Crippen molar-refractivity contribution in [2.75, 3.05) is 0 Å². The van der Waals surface area contributed by atoms with Crippen molar-refractivity contribution < 1.29 is 26.4 Å². The fourth-order valence-electron chi connectivity index (χ4n) is 4.15. The topological polar surface area (TPSA) is 148 Å². The van der Waals surface area contributed by atoms with Crippen LogP contribution in [0, 0.1) is 0 Å². The van der Waals surface area contributed by atoms with Crippen LogP contribution in [0.4, 0.5) is 17.6 Å². The number of para-hydroxylation sites is 1. The van der Waals surface area contributed by atoms with E-state index in [2.05, 4.69) is 30.4 Å². The van der Waals surface area contributed by atoms with E-state index in [0.717, 1.165) is 4.57 Å². The van der Waals surface area contributed by atoms with Crippen LogP contribution >= 0.6 is 0 Å². The van der Waals surface area contributed by atoms with Crippen LogP contribution in [0.1, 0.15) is 36.0 Å². The molecule has 0 spiro atoms. The predicted octanol–water partition coefficient (Wildman–Crippen LogP) is 4.03. The second-order valence-electron chi connectivity index (χ2n) is 8.85. The van der Waals surface area contributed by atoms with Gasteiger partial charge in [-0.15, -0.1) is 20.4 Å². The van der Waals surface area contributed by atoms with Gasteiger partial charge >= 0.3 is 18.5 Å². The van der Waals surface area contributed by atoms with Crippen molar-refractivity contribution in [2.45, 2.75) is 25.9 Å². The molecule has 0 N–H and O–H groups in total. The molecule has 0 unspecified atom stereocenters. The Labute approximate surface area is 230 Å². The molecule has 0 aliphatic heterocycles. The fraction of sp³-hybridized carbons (Fsp3) is 0.154. The Morgan fingerprint density at radius 1 is 0.667 bits per heavy atom. The highest BCUT2D eigenvalue weighted by Gasteiger charge is 2.19. The van der Waals surface area contributed by atoms with Gasteiger partial charge in [-0.05, 0) is 36.4 Å². The zero-order valence-corrected chi connectivity index (χ0v) is 21.1. The third-order valence-electron chi connectivity index (χ3n) is 6.17. The Morgan fingerprint density at radius 2 is 1.19 bits per heavy atom. The summed E-state index contributed by atoms with van der Waals surface area (Å²) in [5.74, 6) is -1.92. The summed E-state index contributed by atoms with van der Waals surface area (Å²) in [5, 5.41) is 14.0. The van der Waals surface area contributed by atoms with E-state index in [0.29, 0.717) is 22.5 Å². The lowest BCUT2D eigenvalue weighted by atomic mass is 10.2. The van der Waals surface area contributed by atoms with Crippen LogP contribution in [0.5, 0.6) is 0 Å². The highest BCUT2D eigenvalue weighted by atomic mass is 19.3. The standard InChI is InChI=1S/C26H16F4N8O4/c27-19(28)23-35-33-21(41-23)13-5-7-15(31-9-13)11-37-18-4-2-1-3-17(18)25(39)38(26(37)40)12-16-8-6-14(10-32-16)22-34-36-24(42-22)20(29)30/h1-10,19-20H,11-12H2. The van der Waals surface area contributed by atoms with Crippen LogP contribution < -0.4 is 11.2 Å². The number of hydrogen-bond acceptors (Lipinski definition) is 10. The van der Waals surface area contributed by atoms with Crippen molar-refractivity contribution in [1.29, 1.82) is 0 Å². The lowest BCUT2D eigenvalue weighted by Crippen LogP contribution is -2.40. The number of fused-ring (bicyclic) bond motifs is 1. The summed E-state index contributed by atoms with van der Waals surface area (Å²) in [4.78, 5) is 35.4. The van der Waals surface area contributed by atoms with E-state index in [-0.39, 0.29) is 35.8 Å². The summed E-state index contributed by atoms with van der Waals surface area (Å²) in [5.41, 5.74) is 0.553. The second kappa shape index (κ2) is 10.8. The first kappa shape index (κ1) is 26.7. The van der Waals surface area contributed by atoms with Crippen molar-refractivity contribution in [3.63, 3.8) is 0 Å². The van der Waals surface area contributed by atoms with Crippen LogP contribution in [0.25, 0.3) is 33.8 Å². The van der Waals surface area contributed by atoms with Gasteiger partial charge in [-0.25, -0.2) is 4.79 Å². The van der Waals surface area contributed by atoms with E-state index < -0.39 is 35.9 Å². The normalized spacial score (nSPS) is 11.7. The molecule has 5 aromatic heterocycles. The average Bonchev–Trinajstić information content (AvgIpc) is 3.70. The van der Waals surface area contributed by atoms with Crippen LogP contribution in [0.2, 0.25) is 0 Å². The Morgan fingerprint density at radius 3 is 1.67 bits per heavy atom. The van der Waals surface area contributed by atoms with Gasteiger partial charge in [-0.1, -0.05) is 12.1 Å². The highest BCUT2D eigenvalue weighted by Crippen LogP contribution is 2.24. The van der Waals surface area contributed by atoms with Gasteiger partial charge in [0.2, 0.25) is 11.8 Å². The number of pyridine rings is 2. The fourth-order valence-corrected chi connectivity index (χ4v) is 4.15. The van der Waals surface area contributed by atoms with E-state index in [1.165, 1.54) is 35.2 Å². The monoisotopic (exact) mass is 580 g/mol. The minimum Gasteiger partial charge on any atom is -0.415 e. The first-order valence-corrected chi connectivity index (χ1v) is 12.1. The van der Waals surface area contributed by atoms with Gasteiger partial charge in [0.05, 0.1) is 46.5 Å². The van der Waals surface area contributed by atoms with Gasteiger partial charge in [0.15, 0.2) is 0 Å². The Kier molecular flexibility index (Phi) is 6.85. The first-order chi connectivity index (χ1) is 20.3. The maximum atomic E-state index is 13.6. The molecular weight excluding hydrogens is 564 g/mol. The predicted molar refractivity (Wildman–Crippen MR) is 136 cm³/mol. The second-order valence-corrected chi connectivity index (χ2v) is 8.85. The molecule has 0 aliphatic rings. The number of rotatable bonds is 8. The zero-order chi connectivity index (χ0) is 29.4. The SMILES string of the molecule is O=c1c2ccccc2n(Cc2ccc(-c3nnc(C(F)F)o3)cn2)c(=O)n1Cc1ccc(-c2nnc(C(F)F)o2)cn1. The Bertz CT molecular complexity index is 2000. The summed E-state index contributed by atoms with van der Waals surface area (Å²) in [7, 11) is 0. The molecule has 1 aromatic carbocycles. The minimum absolute atomic E-state index is 0.0258. The number of benzene rings is 1. The van der Waals surface area contributed by atoms with E-state index in [9.17, 15) is 27.2 Å². The van der Waals surface area contributed by atoms with Crippen molar-refractivity contribution in [1.82, 2.24) is 39.5 Å². The third kappa shape index (κ3) is 5.04. The van der Waals surface area contributed by atoms with Gasteiger partial charge in [-0.3, -0.25) is 23.9 Å². The average molecular weight is 580 g/mol. The van der Waals surface area contributed by atoms with Crippen molar-refractivity contribution in [3.05, 3.63) is 105 Å². The summed E-state index contributed by atoms with van der Waals surface area (Å²) in [6.45, 7) is -0.215. The summed E-state index contributed by atoms with van der Waals surface area (Å²) < 4.78 is 63.3. The van der Waals surface area contributed by atoms with Crippen LogP contribution in [0.3, 0.4) is 0 Å². The van der Waals surface area contributed by atoms with Gasteiger partial charge < -0.3 is 8.83 Å². The van der Waals surface area contributed by atoms with Gasteiger partial charge in [0.1, 0.15) is 0 Å². The molecule has 212 valence electrons. The van der Waals surface area contributed by atoms with Crippen LogP contribution in [0.15, 0.2) is 79.3 Å². The summed E-state index contributed by atoms with van der Waals surface area (Å²) in [6, 6.07) is 12.7. The largest absolute Gasteiger partial charge is 0.415 e. The molecule has 0 saturated heterocycles. The van der Waals surface area contributed by atoms with E-state index in [4.69, 9.17) is 8.83 Å². The zero-order valence-electron chi connectivity index (χ0n) is 21.1. The maximum absolute atomic E-state index is 13.6. The van der Waals surface area contributed by atoms with E-state index in [1.807, 2.05) is 0 Å². The molecule has 0 aliphatic carbocycles. The lowest BCUT2D eigenvalue weighted by molar-refractivity contribution is 0.115. The summed E-state index contributed by atoms with van der Waals surface area (Å²) >= 11 is 0. The molecule has 16 heteroatoms. The van der Waals surface area contributed by atoms with Gasteiger partial charge in [-0.2, -0.15) is 17.6 Å². The molecule has 0 atom stereocenters. The van der Waals surface area contributed by atoms with Crippen LogP contribution in [-0.2, 0) is 13.1 Å². The molecule has 6 rings (SSSR count). The molecule has 6 aromatic rings. The molecular formula is C26H16F4N8O4. The van der Waals surface area contributed by atoms with Crippen LogP contribution in [-0.4, -0.2) is 39.5 Å². The molecule has 5 heterocycles. The molecule has 0 amide bonds. The quantitative estimate of drug-likeness (QED) is 0.242. The number of nitrogens with zero attached hydrogens (tertiary/aromatic N) is 8. The molecule has 42 heavy (non-hydrogen) atoms. The van der Waals surface area contributed by atoms with Crippen molar-refractivity contribution in [2.24, 2.45) is 0 Å². The number of aromatic nitrogens is 8. The minimum atomic E-state index is -2.92. The molecule has 12 nitrogen and oxygen atoms in total. The maximum Gasteiger partial charge on any atom is 0.332 e. The van der Waals surface area contributed by atoms with E-state index in [1.54, 1.807) is 30.3 Å². The number of alkyl halides is 4. The Hall–Kier alpha value is -5.54. The lowest BCUT2D eigenvalue weighted by Gasteiger charge is -2.14. The highest BCUT2D eigenvalue weighted by molar-refractivity contribution is 5.78. The van der Waals surface area contributed by atoms with E-state index >= 15 is 0 Å². The van der Waals surface area contributed by atoms with Crippen molar-refractivity contribution in [3.8, 4) is 22.9 Å². The molecule has 0 bridgehead atoms. The molecule has 0 fully saturated rings. The molecule has 0 radical (unpaired) electrons.